The Bertz CT molecular complexity index is 997. The summed E-state index contributed by atoms with van der Waals surface area (Å²) in [6.07, 6.45) is 64.6. The maximum atomic E-state index is 12.4. The Morgan fingerprint density at radius 3 is 1.19 bits per heavy atom. The summed E-state index contributed by atoms with van der Waals surface area (Å²) in [6, 6.07) is -0.547. The van der Waals surface area contributed by atoms with Gasteiger partial charge in [-0.15, -0.1) is 0 Å². The van der Waals surface area contributed by atoms with Crippen molar-refractivity contribution in [1.82, 2.24) is 5.32 Å². The minimum absolute atomic E-state index is 0.00771. The quantitative estimate of drug-likeness (QED) is 0.0321. The number of amides is 1. The van der Waals surface area contributed by atoms with Gasteiger partial charge >= 0.3 is 5.97 Å². The van der Waals surface area contributed by atoms with E-state index in [1.54, 1.807) is 0 Å². The number of carbonyl (C=O) groups excluding carboxylic acids is 2. The number of aliphatic hydroxyl groups excluding tert-OH is 2. The van der Waals surface area contributed by atoms with Crippen LogP contribution in [-0.2, 0) is 14.3 Å². The summed E-state index contributed by atoms with van der Waals surface area (Å²) in [5.74, 6) is -0.0377. The van der Waals surface area contributed by atoms with Crippen LogP contribution >= 0.6 is 0 Å². The monoisotopic (exact) mass is 902 g/mol. The molecule has 0 saturated carbocycles. The second kappa shape index (κ2) is 54.0. The lowest BCUT2D eigenvalue weighted by molar-refractivity contribution is -0.143. The Labute approximate surface area is 399 Å². The van der Waals surface area contributed by atoms with Gasteiger partial charge in [-0.25, -0.2) is 0 Å². The highest BCUT2D eigenvalue weighted by molar-refractivity contribution is 5.76. The molecule has 0 fully saturated rings. The van der Waals surface area contributed by atoms with E-state index < -0.39 is 12.1 Å². The van der Waals surface area contributed by atoms with E-state index in [2.05, 4.69) is 43.5 Å². The van der Waals surface area contributed by atoms with E-state index in [0.29, 0.717) is 25.9 Å². The van der Waals surface area contributed by atoms with Crippen LogP contribution in [0.2, 0.25) is 0 Å². The molecule has 0 aromatic heterocycles. The highest BCUT2D eigenvalue weighted by Gasteiger charge is 2.20. The second-order valence-electron chi connectivity index (χ2n) is 19.6. The van der Waals surface area contributed by atoms with E-state index in [9.17, 15) is 19.8 Å². The van der Waals surface area contributed by atoms with Gasteiger partial charge in [0.2, 0.25) is 5.91 Å². The maximum absolute atomic E-state index is 12.4. The van der Waals surface area contributed by atoms with Gasteiger partial charge in [0.1, 0.15) is 0 Å². The molecule has 0 aliphatic carbocycles. The lowest BCUT2D eigenvalue weighted by Crippen LogP contribution is -2.45. The fraction of sp³-hybridized carbons (Fsp3) is 0.897. The molecule has 1 amide bonds. The Kier molecular flexibility index (Phi) is 52.6. The smallest absolute Gasteiger partial charge is 0.305 e. The Hall–Kier alpha value is -1.66. The molecule has 6 nitrogen and oxygen atoms in total. The van der Waals surface area contributed by atoms with Crippen LogP contribution in [0.3, 0.4) is 0 Å². The normalized spacial score (nSPS) is 12.8. The fourth-order valence-corrected chi connectivity index (χ4v) is 8.85. The summed E-state index contributed by atoms with van der Waals surface area (Å²) in [7, 11) is 0. The molecule has 2 atom stereocenters. The first kappa shape index (κ1) is 62.3. The van der Waals surface area contributed by atoms with Crippen molar-refractivity contribution in [2.45, 2.75) is 321 Å². The number of aliphatic hydroxyl groups is 2. The van der Waals surface area contributed by atoms with Gasteiger partial charge in [-0.3, -0.25) is 9.59 Å². The molecule has 0 radical (unpaired) electrons. The summed E-state index contributed by atoms with van der Waals surface area (Å²) in [5.41, 5.74) is 0. The maximum Gasteiger partial charge on any atom is 0.305 e. The summed E-state index contributed by atoms with van der Waals surface area (Å²) >= 11 is 0. The average molecular weight is 903 g/mol. The van der Waals surface area contributed by atoms with Crippen LogP contribution < -0.4 is 5.32 Å². The highest BCUT2D eigenvalue weighted by Crippen LogP contribution is 2.17. The van der Waals surface area contributed by atoms with Gasteiger partial charge in [0.15, 0.2) is 0 Å². The van der Waals surface area contributed by atoms with Crippen molar-refractivity contribution in [1.29, 1.82) is 0 Å². The molecule has 378 valence electrons. The summed E-state index contributed by atoms with van der Waals surface area (Å²) in [5, 5.41) is 23.2. The molecule has 0 aliphatic rings. The van der Waals surface area contributed by atoms with Crippen molar-refractivity contribution in [3.63, 3.8) is 0 Å². The topological polar surface area (TPSA) is 95.9 Å². The number of rotatable bonds is 53. The number of unbranched alkanes of at least 4 members (excludes halogenated alkanes) is 38. The van der Waals surface area contributed by atoms with Crippen molar-refractivity contribution in [3.05, 3.63) is 24.3 Å². The van der Waals surface area contributed by atoms with Gasteiger partial charge in [0, 0.05) is 12.8 Å². The molecular formula is C58H111NO5. The SMILES string of the molecule is CCCCCCCCCCCCCCC(=O)OCCCCCCCCCCC/C=C\C/C=C\CCCCCCCCCC(=O)NC(CO)C(O)CCCCCCCCCCCCCC. The standard InChI is InChI=1S/C58H111NO5/c1-3-5-7-9-11-13-15-30-34-38-42-46-50-56(61)55(54-60)59-57(62)51-47-43-39-35-31-28-26-24-22-20-18-17-19-21-23-25-27-29-33-37-41-45-49-53-64-58(63)52-48-44-40-36-32-16-14-12-10-8-6-4-2/h17,19-20,22,55-56,60-61H,3-16,18,21,23-54H2,1-2H3,(H,59,62)/b19-17-,22-20-. The van der Waals surface area contributed by atoms with Gasteiger partial charge in [-0.2, -0.15) is 0 Å². The van der Waals surface area contributed by atoms with Crippen LogP contribution in [0.5, 0.6) is 0 Å². The lowest BCUT2D eigenvalue weighted by Gasteiger charge is -2.22. The van der Waals surface area contributed by atoms with Gasteiger partial charge < -0.3 is 20.3 Å². The van der Waals surface area contributed by atoms with Crippen molar-refractivity contribution in [2.24, 2.45) is 0 Å². The predicted octanol–water partition coefficient (Wildman–Crippen LogP) is 17.5. The number of carbonyl (C=O) groups is 2. The fourth-order valence-electron chi connectivity index (χ4n) is 8.85. The van der Waals surface area contributed by atoms with Crippen LogP contribution in [0.15, 0.2) is 24.3 Å². The molecule has 0 aromatic rings. The molecule has 0 aliphatic heterocycles. The molecule has 2 unspecified atom stereocenters. The van der Waals surface area contributed by atoms with Crippen LogP contribution in [0.1, 0.15) is 309 Å². The largest absolute Gasteiger partial charge is 0.466 e. The van der Waals surface area contributed by atoms with E-state index in [-0.39, 0.29) is 18.5 Å². The van der Waals surface area contributed by atoms with Crippen molar-refractivity contribution >= 4 is 11.9 Å². The zero-order chi connectivity index (χ0) is 46.5. The van der Waals surface area contributed by atoms with Crippen LogP contribution in [0.25, 0.3) is 0 Å². The zero-order valence-corrected chi connectivity index (χ0v) is 43.0. The number of hydrogen-bond acceptors (Lipinski definition) is 5. The minimum atomic E-state index is -0.669. The predicted molar refractivity (Wildman–Crippen MR) is 278 cm³/mol. The molecule has 64 heavy (non-hydrogen) atoms. The number of hydrogen-bond donors (Lipinski definition) is 3. The number of nitrogens with one attached hydrogen (secondary N) is 1. The van der Waals surface area contributed by atoms with Crippen LogP contribution in [0.4, 0.5) is 0 Å². The van der Waals surface area contributed by atoms with E-state index >= 15 is 0 Å². The van der Waals surface area contributed by atoms with Gasteiger partial charge in [-0.1, -0.05) is 263 Å². The molecule has 3 N–H and O–H groups in total. The average Bonchev–Trinajstić information content (AvgIpc) is 3.29. The second-order valence-corrected chi connectivity index (χ2v) is 19.6. The van der Waals surface area contributed by atoms with Crippen molar-refractivity contribution in [3.8, 4) is 0 Å². The molecule has 0 spiro atoms. The summed E-state index contributed by atoms with van der Waals surface area (Å²) < 4.78 is 5.46. The van der Waals surface area contributed by atoms with E-state index in [1.807, 2.05) is 0 Å². The minimum Gasteiger partial charge on any atom is -0.466 e. The molecular weight excluding hydrogens is 791 g/mol. The Morgan fingerprint density at radius 2 is 0.781 bits per heavy atom. The zero-order valence-electron chi connectivity index (χ0n) is 43.0. The molecule has 0 aromatic carbocycles. The summed E-state index contributed by atoms with van der Waals surface area (Å²) in [4.78, 5) is 24.4. The highest BCUT2D eigenvalue weighted by atomic mass is 16.5. The van der Waals surface area contributed by atoms with Gasteiger partial charge in [0.05, 0.1) is 25.4 Å². The lowest BCUT2D eigenvalue weighted by atomic mass is 10.0. The molecule has 0 bridgehead atoms. The third-order valence-corrected chi connectivity index (χ3v) is 13.3. The first-order valence-corrected chi connectivity index (χ1v) is 28.6. The third-order valence-electron chi connectivity index (χ3n) is 13.3. The first-order valence-electron chi connectivity index (χ1n) is 28.6. The first-order chi connectivity index (χ1) is 31.5. The summed E-state index contributed by atoms with van der Waals surface area (Å²) in [6.45, 7) is 4.94. The molecule has 0 rings (SSSR count). The van der Waals surface area contributed by atoms with E-state index in [0.717, 1.165) is 51.4 Å². The van der Waals surface area contributed by atoms with E-state index in [4.69, 9.17) is 4.74 Å². The Balaban J connectivity index is 3.44. The van der Waals surface area contributed by atoms with Crippen LogP contribution in [0, 0.1) is 0 Å². The third kappa shape index (κ3) is 49.8. The van der Waals surface area contributed by atoms with Crippen molar-refractivity contribution < 1.29 is 24.5 Å². The number of ether oxygens (including phenoxy) is 1. The van der Waals surface area contributed by atoms with E-state index in [1.165, 1.54) is 225 Å². The van der Waals surface area contributed by atoms with Gasteiger partial charge in [-0.05, 0) is 57.8 Å². The number of allylic oxidation sites excluding steroid dienone is 4. The molecule has 0 saturated heterocycles. The van der Waals surface area contributed by atoms with Crippen LogP contribution in [-0.4, -0.2) is 47.4 Å². The molecule has 0 heterocycles. The van der Waals surface area contributed by atoms with Crippen molar-refractivity contribution in [2.75, 3.05) is 13.2 Å². The Morgan fingerprint density at radius 1 is 0.438 bits per heavy atom. The van der Waals surface area contributed by atoms with Gasteiger partial charge in [0.25, 0.3) is 0 Å². The molecule has 6 heteroatoms. The number of esters is 1.